The highest BCUT2D eigenvalue weighted by Gasteiger charge is 2.58. The van der Waals surface area contributed by atoms with Crippen LogP contribution in [0.25, 0.3) is 4.96 Å². The van der Waals surface area contributed by atoms with Crippen molar-refractivity contribution in [1.29, 1.82) is 0 Å². The summed E-state index contributed by atoms with van der Waals surface area (Å²) in [5.41, 5.74) is 1.76. The van der Waals surface area contributed by atoms with Crippen molar-refractivity contribution in [3.05, 3.63) is 57.5 Å². The predicted octanol–water partition coefficient (Wildman–Crippen LogP) is 2.74. The van der Waals surface area contributed by atoms with Crippen molar-refractivity contribution in [2.24, 2.45) is 0 Å². The van der Waals surface area contributed by atoms with Gasteiger partial charge in [0.1, 0.15) is 6.61 Å². The van der Waals surface area contributed by atoms with Crippen LogP contribution in [0.15, 0.2) is 45.4 Å². The topological polar surface area (TPSA) is 81.0 Å². The lowest BCUT2D eigenvalue weighted by atomic mass is 10.2. The molecule has 1 fully saturated rings. The van der Waals surface area contributed by atoms with E-state index < -0.39 is 10.8 Å². The number of para-hydroxylation sites is 1. The highest BCUT2D eigenvalue weighted by molar-refractivity contribution is 8.02. The minimum absolute atomic E-state index is 0.0822. The monoisotopic (exact) mass is 413 g/mol. The molecule has 0 aliphatic carbocycles. The second-order valence-electron chi connectivity index (χ2n) is 6.74. The number of aromatic nitrogens is 2. The number of rotatable bonds is 3. The quantitative estimate of drug-likeness (QED) is 0.614. The molecule has 142 valence electrons. The summed E-state index contributed by atoms with van der Waals surface area (Å²) in [5.74, 6) is -0.565. The van der Waals surface area contributed by atoms with E-state index in [-0.39, 0.29) is 18.1 Å². The molecule has 1 aromatic carbocycles. The van der Waals surface area contributed by atoms with Gasteiger partial charge >= 0.3 is 5.97 Å². The molecule has 1 atom stereocenters. The number of thiazole rings is 1. The number of aryl methyl sites for hydroxylation is 1. The van der Waals surface area contributed by atoms with Gasteiger partial charge < -0.3 is 4.74 Å². The van der Waals surface area contributed by atoms with Crippen LogP contribution in [0.2, 0.25) is 0 Å². The molecule has 2 aromatic heterocycles. The molecule has 0 spiro atoms. The number of nitrogens with zero attached hydrogens (tertiary/aromatic N) is 3. The third kappa shape index (κ3) is 2.43. The van der Waals surface area contributed by atoms with E-state index >= 15 is 0 Å². The summed E-state index contributed by atoms with van der Waals surface area (Å²) in [7, 11) is 0. The van der Waals surface area contributed by atoms with Gasteiger partial charge in [-0.15, -0.1) is 11.3 Å². The number of hydrogen-bond donors (Lipinski definition) is 0. The van der Waals surface area contributed by atoms with Gasteiger partial charge in [-0.25, -0.2) is 9.78 Å². The van der Waals surface area contributed by atoms with E-state index in [4.69, 9.17) is 4.74 Å². The highest BCUT2D eigenvalue weighted by Crippen LogP contribution is 2.56. The summed E-state index contributed by atoms with van der Waals surface area (Å²) in [6, 6.07) is 8.85. The number of carbonyl (C=O) groups excluding carboxylic acids is 2. The Morgan fingerprint density at radius 1 is 1.32 bits per heavy atom. The molecule has 5 rings (SSSR count). The van der Waals surface area contributed by atoms with Gasteiger partial charge in [-0.2, -0.15) is 0 Å². The predicted molar refractivity (Wildman–Crippen MR) is 106 cm³/mol. The molecule has 4 heterocycles. The zero-order chi connectivity index (χ0) is 19.5. The first kappa shape index (κ1) is 17.4. The summed E-state index contributed by atoms with van der Waals surface area (Å²) in [6.07, 6.45) is 0.694. The average Bonchev–Trinajstić information content (AvgIpc) is 3.32. The van der Waals surface area contributed by atoms with Crippen molar-refractivity contribution >= 4 is 45.6 Å². The molecule has 7 nitrogen and oxygen atoms in total. The van der Waals surface area contributed by atoms with Crippen molar-refractivity contribution in [1.82, 2.24) is 9.38 Å². The van der Waals surface area contributed by atoms with Gasteiger partial charge in [0.2, 0.25) is 5.91 Å². The fraction of sp³-hybridized carbons (Fsp3) is 0.263. The van der Waals surface area contributed by atoms with Gasteiger partial charge in [0.05, 0.1) is 11.4 Å². The molecule has 2 aliphatic heterocycles. The summed E-state index contributed by atoms with van der Waals surface area (Å²) in [4.78, 5) is 44.1. The number of thioether (sulfide) groups is 1. The summed E-state index contributed by atoms with van der Waals surface area (Å²) >= 11 is 2.72. The van der Waals surface area contributed by atoms with Gasteiger partial charge in [-0.3, -0.25) is 18.9 Å². The molecule has 0 unspecified atom stereocenters. The number of esters is 1. The van der Waals surface area contributed by atoms with E-state index in [2.05, 4.69) is 4.98 Å². The van der Waals surface area contributed by atoms with Crippen molar-refractivity contribution in [3.8, 4) is 0 Å². The maximum atomic E-state index is 13.0. The van der Waals surface area contributed by atoms with Gasteiger partial charge in [0.15, 0.2) is 9.83 Å². The Labute approximate surface area is 168 Å². The Hall–Kier alpha value is -2.65. The van der Waals surface area contributed by atoms with Gasteiger partial charge in [-0.1, -0.05) is 23.9 Å². The van der Waals surface area contributed by atoms with Crippen molar-refractivity contribution in [2.45, 2.75) is 36.1 Å². The Balaban J connectivity index is 1.42. The van der Waals surface area contributed by atoms with E-state index in [0.717, 1.165) is 16.3 Å². The first-order chi connectivity index (χ1) is 13.5. The molecule has 28 heavy (non-hydrogen) atoms. The number of hydrogen-bond acceptors (Lipinski definition) is 7. The SMILES string of the molecule is Cc1csc2nc(COC(=O)[C@]34CCC(=O)N3c3ccccc3S4)cc(=O)n12. The van der Waals surface area contributed by atoms with Crippen molar-refractivity contribution in [3.63, 3.8) is 0 Å². The smallest absolute Gasteiger partial charge is 0.343 e. The van der Waals surface area contributed by atoms with Crippen LogP contribution in [0.1, 0.15) is 24.2 Å². The van der Waals surface area contributed by atoms with Crippen LogP contribution >= 0.6 is 23.1 Å². The van der Waals surface area contributed by atoms with Crippen LogP contribution in [0.3, 0.4) is 0 Å². The first-order valence-electron chi connectivity index (χ1n) is 8.75. The van der Waals surface area contributed by atoms with Gasteiger partial charge in [0, 0.05) is 34.9 Å². The van der Waals surface area contributed by atoms with Crippen molar-refractivity contribution < 1.29 is 14.3 Å². The van der Waals surface area contributed by atoms with Crippen LogP contribution in [-0.2, 0) is 20.9 Å². The van der Waals surface area contributed by atoms with Crippen LogP contribution in [0, 0.1) is 6.92 Å². The third-order valence-corrected chi connectivity index (χ3v) is 7.37. The number of anilines is 1. The van der Waals surface area contributed by atoms with E-state index in [1.165, 1.54) is 33.6 Å². The lowest BCUT2D eigenvalue weighted by molar-refractivity contribution is -0.148. The van der Waals surface area contributed by atoms with Gasteiger partial charge in [-0.05, 0) is 19.1 Å². The third-order valence-electron chi connectivity index (χ3n) is 4.97. The second-order valence-corrected chi connectivity index (χ2v) is 8.90. The van der Waals surface area contributed by atoms with E-state index in [1.807, 2.05) is 36.6 Å². The second kappa shape index (κ2) is 6.18. The molecule has 1 saturated heterocycles. The molecular weight excluding hydrogens is 398 g/mol. The largest absolute Gasteiger partial charge is 0.457 e. The molecule has 9 heteroatoms. The Morgan fingerprint density at radius 2 is 2.14 bits per heavy atom. The molecule has 3 aromatic rings. The van der Waals surface area contributed by atoms with Crippen LogP contribution in [-0.4, -0.2) is 26.1 Å². The highest BCUT2D eigenvalue weighted by atomic mass is 32.2. The maximum absolute atomic E-state index is 13.0. The maximum Gasteiger partial charge on any atom is 0.343 e. The normalized spacial score (nSPS) is 20.5. The molecule has 0 bridgehead atoms. The number of fused-ring (bicyclic) bond motifs is 4. The minimum Gasteiger partial charge on any atom is -0.457 e. The molecule has 0 radical (unpaired) electrons. The summed E-state index contributed by atoms with van der Waals surface area (Å²) in [6.45, 7) is 1.73. The Kier molecular flexibility index (Phi) is 3.85. The zero-order valence-corrected chi connectivity index (χ0v) is 16.5. The van der Waals surface area contributed by atoms with Crippen LogP contribution in [0.5, 0.6) is 0 Å². The molecule has 1 amide bonds. The number of ether oxygens (including phenoxy) is 1. The fourth-order valence-corrected chi connectivity index (χ4v) is 6.00. The Morgan fingerprint density at radius 3 is 3.00 bits per heavy atom. The van der Waals surface area contributed by atoms with E-state index in [1.54, 1.807) is 4.90 Å². The zero-order valence-electron chi connectivity index (χ0n) is 14.9. The van der Waals surface area contributed by atoms with Crippen molar-refractivity contribution in [2.75, 3.05) is 4.90 Å². The average molecular weight is 413 g/mol. The number of benzene rings is 1. The molecule has 0 N–H and O–H groups in total. The lowest BCUT2D eigenvalue weighted by Gasteiger charge is -2.28. The standard InChI is InChI=1S/C19H15N3O4S2/c1-11-10-27-18-20-12(8-16(24)21(11)18)9-26-17(25)19-7-6-15(23)22(19)13-4-2-3-5-14(13)28-19/h2-5,8,10H,6-7,9H2,1H3/t19-/m1/s1. The minimum atomic E-state index is -1.07. The van der Waals surface area contributed by atoms with Gasteiger partial charge in [0.25, 0.3) is 5.56 Å². The molecule has 2 aliphatic rings. The fourth-order valence-electron chi connectivity index (χ4n) is 3.70. The number of amides is 1. The van der Waals surface area contributed by atoms with E-state index in [0.29, 0.717) is 23.5 Å². The summed E-state index contributed by atoms with van der Waals surface area (Å²) < 4.78 is 7.07. The van der Waals surface area contributed by atoms with Crippen LogP contribution in [0.4, 0.5) is 5.69 Å². The lowest BCUT2D eigenvalue weighted by Crippen LogP contribution is -2.47. The molecular formula is C19H15N3O4S2. The first-order valence-corrected chi connectivity index (χ1v) is 10.4. The molecule has 0 saturated carbocycles. The van der Waals surface area contributed by atoms with Crippen LogP contribution < -0.4 is 10.5 Å². The van der Waals surface area contributed by atoms with E-state index in [9.17, 15) is 14.4 Å². The summed E-state index contributed by atoms with van der Waals surface area (Å²) in [5, 5.41) is 1.85. The Bertz CT molecular complexity index is 1200. The number of carbonyl (C=O) groups is 2.